The van der Waals surface area contributed by atoms with Crippen molar-refractivity contribution in [2.24, 2.45) is 5.92 Å². The Labute approximate surface area is 549 Å². The Morgan fingerprint density at radius 1 is 0.300 bits per heavy atom. The summed E-state index contributed by atoms with van der Waals surface area (Å²) in [6.07, 6.45) is 51.9. The number of carbonyl (C=O) groups excluding carboxylic acids is 4. The lowest BCUT2D eigenvalue weighted by Gasteiger charge is -2.21. The Bertz CT molecular complexity index is 1740. The van der Waals surface area contributed by atoms with Gasteiger partial charge in [-0.1, -0.05) is 317 Å². The molecule has 2 unspecified atom stereocenters. The van der Waals surface area contributed by atoms with E-state index in [9.17, 15) is 43.2 Å². The SMILES string of the molecule is CCCCCCCCCCCCCCCCCCCCC(=O)O[C@H](COC(=O)CCCCCCCCCCCCCCCCCCC)COP(=O)(O)OC[C@@H](O)COP(=O)(O)OC[C@@H](COC(=O)CCCCCCC)OC(=O)CCCCCCCCCC(C)C. The highest BCUT2D eigenvalue weighted by molar-refractivity contribution is 7.47. The second-order valence-electron chi connectivity index (χ2n) is 26.1. The monoisotopic (exact) mass is 1320 g/mol. The van der Waals surface area contributed by atoms with Gasteiger partial charge in [0.25, 0.3) is 0 Å². The number of phosphoric ester groups is 2. The van der Waals surface area contributed by atoms with Gasteiger partial charge in [-0.05, 0) is 31.6 Å². The lowest BCUT2D eigenvalue weighted by molar-refractivity contribution is -0.161. The van der Waals surface area contributed by atoms with Crippen molar-refractivity contribution in [3.8, 4) is 0 Å². The standard InChI is InChI=1S/C71H138O17P2/c1-6-9-12-15-17-19-21-23-25-27-29-31-33-35-37-41-46-51-56-70(75)88-67(61-82-69(74)55-50-45-40-36-34-32-30-28-26-24-22-20-18-16-13-10-7-2)63-86-90(79,80)84-59-65(72)58-83-89(77,78)85-62-66(60-81-68(73)54-49-43-14-11-8-3)87-71(76)57-52-47-42-38-39-44-48-53-64(4)5/h64-67,72H,6-63H2,1-5H3,(H,77,78)(H,79,80)/t65-,66+,67+/m0/s1. The number of phosphoric acid groups is 2. The fourth-order valence-electron chi connectivity index (χ4n) is 10.8. The maximum Gasteiger partial charge on any atom is 0.472 e. The van der Waals surface area contributed by atoms with E-state index in [-0.39, 0.29) is 25.7 Å². The van der Waals surface area contributed by atoms with Crippen molar-refractivity contribution in [3.63, 3.8) is 0 Å². The Kier molecular flexibility index (Phi) is 63.0. The quantitative estimate of drug-likeness (QED) is 0.0222. The van der Waals surface area contributed by atoms with Gasteiger partial charge >= 0.3 is 39.5 Å². The summed E-state index contributed by atoms with van der Waals surface area (Å²) in [4.78, 5) is 72.3. The van der Waals surface area contributed by atoms with Gasteiger partial charge < -0.3 is 33.8 Å². The molecule has 3 N–H and O–H groups in total. The van der Waals surface area contributed by atoms with Crippen LogP contribution >= 0.6 is 15.6 Å². The van der Waals surface area contributed by atoms with Gasteiger partial charge in [0, 0.05) is 25.7 Å². The molecule has 0 aromatic rings. The van der Waals surface area contributed by atoms with E-state index in [2.05, 4.69) is 34.6 Å². The molecule has 19 heteroatoms. The fraction of sp³-hybridized carbons (Fsp3) is 0.944. The number of unbranched alkanes of at least 4 members (excludes halogenated alkanes) is 43. The maximum atomic E-state index is 13.0. The third kappa shape index (κ3) is 64.8. The predicted molar refractivity (Wildman–Crippen MR) is 363 cm³/mol. The molecule has 0 aromatic carbocycles. The Balaban J connectivity index is 5.14. The number of hydrogen-bond donors (Lipinski definition) is 3. The summed E-state index contributed by atoms with van der Waals surface area (Å²) >= 11 is 0. The first-order valence-electron chi connectivity index (χ1n) is 37.1. The van der Waals surface area contributed by atoms with Gasteiger partial charge in [-0.15, -0.1) is 0 Å². The minimum absolute atomic E-state index is 0.103. The topological polar surface area (TPSA) is 237 Å². The van der Waals surface area contributed by atoms with Crippen LogP contribution in [0.15, 0.2) is 0 Å². The zero-order valence-electron chi connectivity index (χ0n) is 58.3. The van der Waals surface area contributed by atoms with Crippen LogP contribution < -0.4 is 0 Å². The molecule has 0 saturated heterocycles. The second kappa shape index (κ2) is 64.4. The number of rotatable bonds is 71. The van der Waals surface area contributed by atoms with Crippen LogP contribution in [0.2, 0.25) is 0 Å². The summed E-state index contributed by atoms with van der Waals surface area (Å²) in [5.41, 5.74) is 0. The first kappa shape index (κ1) is 88.1. The summed E-state index contributed by atoms with van der Waals surface area (Å²) in [5.74, 6) is -1.44. The molecule has 0 bridgehead atoms. The normalized spacial score (nSPS) is 14.1. The number of carbonyl (C=O) groups is 4. The van der Waals surface area contributed by atoms with Gasteiger partial charge in [0.15, 0.2) is 12.2 Å². The molecule has 0 fully saturated rings. The molecule has 0 aromatic heterocycles. The Morgan fingerprint density at radius 2 is 0.511 bits per heavy atom. The van der Waals surface area contributed by atoms with E-state index in [0.29, 0.717) is 31.6 Å². The highest BCUT2D eigenvalue weighted by Gasteiger charge is 2.30. The molecular weight excluding hydrogens is 1190 g/mol. The van der Waals surface area contributed by atoms with E-state index in [0.717, 1.165) is 96.3 Å². The van der Waals surface area contributed by atoms with E-state index in [4.69, 9.17) is 37.0 Å². The largest absolute Gasteiger partial charge is 0.472 e. The number of aliphatic hydroxyl groups excluding tert-OH is 1. The van der Waals surface area contributed by atoms with Gasteiger partial charge in [0.05, 0.1) is 26.4 Å². The minimum atomic E-state index is -4.95. The van der Waals surface area contributed by atoms with Crippen LogP contribution in [0.4, 0.5) is 0 Å². The molecule has 17 nitrogen and oxygen atoms in total. The number of hydrogen-bond acceptors (Lipinski definition) is 15. The van der Waals surface area contributed by atoms with Crippen LogP contribution in [0.3, 0.4) is 0 Å². The molecular formula is C71H138O17P2. The van der Waals surface area contributed by atoms with E-state index in [1.54, 1.807) is 0 Å². The summed E-state index contributed by atoms with van der Waals surface area (Å²) in [5, 5.41) is 10.6. The van der Waals surface area contributed by atoms with Gasteiger partial charge in [0.2, 0.25) is 0 Å². The zero-order chi connectivity index (χ0) is 66.3. The van der Waals surface area contributed by atoms with Crippen molar-refractivity contribution < 1.29 is 80.2 Å². The van der Waals surface area contributed by atoms with Crippen LogP contribution in [0.5, 0.6) is 0 Å². The first-order valence-corrected chi connectivity index (χ1v) is 40.1. The molecule has 0 aliphatic heterocycles. The van der Waals surface area contributed by atoms with Crippen LogP contribution in [-0.2, 0) is 65.4 Å². The van der Waals surface area contributed by atoms with Crippen LogP contribution in [0.1, 0.15) is 369 Å². The second-order valence-corrected chi connectivity index (χ2v) is 29.0. The molecule has 0 rings (SSSR count). The first-order chi connectivity index (χ1) is 43.5. The van der Waals surface area contributed by atoms with Crippen LogP contribution in [-0.4, -0.2) is 96.7 Å². The van der Waals surface area contributed by atoms with Gasteiger partial charge in [-0.25, -0.2) is 9.13 Å². The fourth-order valence-corrected chi connectivity index (χ4v) is 12.4. The van der Waals surface area contributed by atoms with Crippen LogP contribution in [0, 0.1) is 5.92 Å². The Morgan fingerprint density at radius 3 is 0.756 bits per heavy atom. The molecule has 0 amide bonds. The number of aliphatic hydroxyl groups is 1. The summed E-state index contributed by atoms with van der Waals surface area (Å²) in [6.45, 7) is 7.10. The molecule has 534 valence electrons. The third-order valence-electron chi connectivity index (χ3n) is 16.5. The average molecular weight is 1330 g/mol. The molecule has 0 spiro atoms. The molecule has 0 aliphatic rings. The highest BCUT2D eigenvalue weighted by atomic mass is 31.2. The highest BCUT2D eigenvalue weighted by Crippen LogP contribution is 2.45. The van der Waals surface area contributed by atoms with E-state index in [1.165, 1.54) is 186 Å². The maximum absolute atomic E-state index is 13.0. The third-order valence-corrected chi connectivity index (χ3v) is 18.4. The zero-order valence-corrected chi connectivity index (χ0v) is 60.1. The molecule has 0 heterocycles. The summed E-state index contributed by atoms with van der Waals surface area (Å²) < 4.78 is 68.1. The molecule has 0 radical (unpaired) electrons. The van der Waals surface area contributed by atoms with E-state index >= 15 is 0 Å². The smallest absolute Gasteiger partial charge is 0.462 e. The average Bonchev–Trinajstić information content (AvgIpc) is 3.19. The van der Waals surface area contributed by atoms with Crippen molar-refractivity contribution in [2.45, 2.75) is 387 Å². The van der Waals surface area contributed by atoms with Crippen molar-refractivity contribution >= 4 is 39.5 Å². The van der Waals surface area contributed by atoms with Crippen molar-refractivity contribution in [1.29, 1.82) is 0 Å². The number of esters is 4. The summed E-state index contributed by atoms with van der Waals surface area (Å²) in [6, 6.07) is 0. The van der Waals surface area contributed by atoms with Crippen molar-refractivity contribution in [1.82, 2.24) is 0 Å². The molecule has 0 saturated carbocycles. The number of ether oxygens (including phenoxy) is 4. The molecule has 90 heavy (non-hydrogen) atoms. The van der Waals surface area contributed by atoms with Gasteiger partial charge in [0.1, 0.15) is 19.3 Å². The van der Waals surface area contributed by atoms with E-state index < -0.39 is 97.5 Å². The molecule has 0 aliphatic carbocycles. The minimum Gasteiger partial charge on any atom is -0.462 e. The Hall–Kier alpha value is -1.94. The summed E-state index contributed by atoms with van der Waals surface area (Å²) in [7, 11) is -9.89. The van der Waals surface area contributed by atoms with Gasteiger partial charge in [-0.3, -0.25) is 37.3 Å². The predicted octanol–water partition coefficient (Wildman–Crippen LogP) is 20.5. The lowest BCUT2D eigenvalue weighted by Crippen LogP contribution is -2.30. The van der Waals surface area contributed by atoms with E-state index in [1.807, 2.05) is 0 Å². The van der Waals surface area contributed by atoms with Gasteiger partial charge in [-0.2, -0.15) is 0 Å². The molecule has 5 atom stereocenters. The van der Waals surface area contributed by atoms with Crippen molar-refractivity contribution in [3.05, 3.63) is 0 Å². The lowest BCUT2D eigenvalue weighted by atomic mass is 10.0. The van der Waals surface area contributed by atoms with Crippen molar-refractivity contribution in [2.75, 3.05) is 39.6 Å². The van der Waals surface area contributed by atoms with Crippen LogP contribution in [0.25, 0.3) is 0 Å².